The van der Waals surface area contributed by atoms with Gasteiger partial charge in [0.15, 0.2) is 17.5 Å². The molecule has 2 aromatic rings. The number of carbonyl (C=O) groups is 1. The van der Waals surface area contributed by atoms with Gasteiger partial charge in [-0.25, -0.2) is 13.2 Å². The first-order valence-corrected chi connectivity index (χ1v) is 6.18. The molecule has 0 aliphatic rings. The van der Waals surface area contributed by atoms with Crippen molar-refractivity contribution in [2.45, 2.75) is 13.3 Å². The minimum Gasteiger partial charge on any atom is -0.288 e. The predicted octanol–water partition coefficient (Wildman–Crippen LogP) is 3.96. The summed E-state index contributed by atoms with van der Waals surface area (Å²) in [6, 6.07) is 3.48. The average molecular weight is 270 g/mol. The van der Waals surface area contributed by atoms with Crippen molar-refractivity contribution < 1.29 is 18.0 Å². The zero-order chi connectivity index (χ0) is 13.3. The second-order valence-corrected chi connectivity index (χ2v) is 4.60. The Bertz CT molecular complexity index is 604. The van der Waals surface area contributed by atoms with Crippen molar-refractivity contribution in [2.75, 3.05) is 0 Å². The van der Waals surface area contributed by atoms with Gasteiger partial charge in [0.25, 0.3) is 0 Å². The molecule has 18 heavy (non-hydrogen) atoms. The summed E-state index contributed by atoms with van der Waals surface area (Å²) in [5.41, 5.74) is 0.334. The second-order valence-electron chi connectivity index (χ2n) is 3.68. The number of aryl methyl sites for hydroxylation is 1. The highest BCUT2D eigenvalue weighted by Crippen LogP contribution is 2.24. The lowest BCUT2D eigenvalue weighted by Crippen LogP contribution is -2.07. The lowest BCUT2D eigenvalue weighted by molar-refractivity contribution is 0.103. The van der Waals surface area contributed by atoms with Crippen LogP contribution in [0.1, 0.15) is 27.7 Å². The van der Waals surface area contributed by atoms with Crippen LogP contribution in [0.15, 0.2) is 23.6 Å². The van der Waals surface area contributed by atoms with Gasteiger partial charge in [0.05, 0.1) is 10.4 Å². The van der Waals surface area contributed by atoms with Gasteiger partial charge >= 0.3 is 0 Å². The fourth-order valence-corrected chi connectivity index (χ4v) is 2.59. The summed E-state index contributed by atoms with van der Waals surface area (Å²) in [7, 11) is 0. The van der Waals surface area contributed by atoms with Crippen LogP contribution in [0.4, 0.5) is 13.2 Å². The van der Waals surface area contributed by atoms with Gasteiger partial charge in [-0.2, -0.15) is 0 Å². The molecule has 0 unspecified atom stereocenters. The summed E-state index contributed by atoms with van der Waals surface area (Å²) < 4.78 is 39.4. The molecule has 1 aromatic carbocycles. The van der Waals surface area contributed by atoms with Crippen molar-refractivity contribution in [3.63, 3.8) is 0 Å². The molecule has 0 fully saturated rings. The molecule has 94 valence electrons. The Kier molecular flexibility index (Phi) is 3.52. The average Bonchev–Trinajstić information content (AvgIpc) is 2.83. The number of carbonyl (C=O) groups excluding carboxylic acids is 1. The van der Waals surface area contributed by atoms with Crippen LogP contribution < -0.4 is 0 Å². The maximum atomic E-state index is 13.5. The van der Waals surface area contributed by atoms with E-state index in [1.807, 2.05) is 6.92 Å². The van der Waals surface area contributed by atoms with E-state index in [0.29, 0.717) is 11.3 Å². The zero-order valence-corrected chi connectivity index (χ0v) is 10.3. The molecule has 0 radical (unpaired) electrons. The topological polar surface area (TPSA) is 17.1 Å². The van der Waals surface area contributed by atoms with Gasteiger partial charge in [-0.3, -0.25) is 4.79 Å². The van der Waals surface area contributed by atoms with E-state index in [1.165, 1.54) is 0 Å². The quantitative estimate of drug-likeness (QED) is 0.609. The van der Waals surface area contributed by atoms with Gasteiger partial charge in [-0.15, -0.1) is 11.3 Å². The van der Waals surface area contributed by atoms with Gasteiger partial charge in [0, 0.05) is 0 Å². The monoisotopic (exact) mass is 270 g/mol. The molecule has 1 aromatic heterocycles. The molecule has 0 spiro atoms. The van der Waals surface area contributed by atoms with Crippen LogP contribution in [-0.4, -0.2) is 5.78 Å². The van der Waals surface area contributed by atoms with Crippen molar-refractivity contribution >= 4 is 17.1 Å². The van der Waals surface area contributed by atoms with Gasteiger partial charge in [0.2, 0.25) is 5.78 Å². The van der Waals surface area contributed by atoms with E-state index in [0.717, 1.165) is 29.0 Å². The molecular formula is C13H9F3OS. The predicted molar refractivity (Wildman–Crippen MR) is 63.4 cm³/mol. The number of hydrogen-bond acceptors (Lipinski definition) is 2. The van der Waals surface area contributed by atoms with Crippen LogP contribution in [-0.2, 0) is 6.42 Å². The highest BCUT2D eigenvalue weighted by molar-refractivity contribution is 7.12. The Morgan fingerprint density at radius 1 is 1.17 bits per heavy atom. The van der Waals surface area contributed by atoms with E-state index in [4.69, 9.17) is 0 Å². The number of benzene rings is 1. The molecular weight excluding hydrogens is 261 g/mol. The Morgan fingerprint density at radius 2 is 1.89 bits per heavy atom. The fraction of sp³-hybridized carbons (Fsp3) is 0.154. The van der Waals surface area contributed by atoms with Crippen LogP contribution >= 0.6 is 11.3 Å². The number of thiophene rings is 1. The van der Waals surface area contributed by atoms with Crippen molar-refractivity contribution in [1.82, 2.24) is 0 Å². The van der Waals surface area contributed by atoms with Crippen LogP contribution in [0.3, 0.4) is 0 Å². The zero-order valence-electron chi connectivity index (χ0n) is 9.47. The molecule has 2 rings (SSSR count). The Balaban J connectivity index is 2.50. The molecule has 0 aliphatic heterocycles. The first-order chi connectivity index (χ1) is 8.56. The standard InChI is InChI=1S/C13H9F3OS/c1-2-7-5-6-18-13(7)12(17)8-3-4-9(14)11(16)10(8)15/h3-6H,2H2,1H3. The molecule has 0 saturated heterocycles. The van der Waals surface area contributed by atoms with E-state index < -0.39 is 28.8 Å². The van der Waals surface area contributed by atoms with Gasteiger partial charge in [-0.1, -0.05) is 6.92 Å². The van der Waals surface area contributed by atoms with E-state index >= 15 is 0 Å². The lowest BCUT2D eigenvalue weighted by atomic mass is 10.0. The first-order valence-electron chi connectivity index (χ1n) is 5.30. The summed E-state index contributed by atoms with van der Waals surface area (Å²) in [6.07, 6.45) is 0.621. The van der Waals surface area contributed by atoms with E-state index in [1.54, 1.807) is 11.4 Å². The maximum Gasteiger partial charge on any atom is 0.206 e. The third kappa shape index (κ3) is 2.06. The lowest BCUT2D eigenvalue weighted by Gasteiger charge is -2.04. The molecule has 0 N–H and O–H groups in total. The molecule has 5 heteroatoms. The van der Waals surface area contributed by atoms with Crippen molar-refractivity contribution in [1.29, 1.82) is 0 Å². The van der Waals surface area contributed by atoms with Crippen molar-refractivity contribution in [3.05, 3.63) is 57.0 Å². The van der Waals surface area contributed by atoms with Crippen LogP contribution in [0.2, 0.25) is 0 Å². The number of rotatable bonds is 3. The molecule has 1 heterocycles. The number of hydrogen-bond donors (Lipinski definition) is 0. The third-order valence-electron chi connectivity index (χ3n) is 2.61. The van der Waals surface area contributed by atoms with Crippen molar-refractivity contribution in [2.24, 2.45) is 0 Å². The molecule has 0 amide bonds. The van der Waals surface area contributed by atoms with Gasteiger partial charge < -0.3 is 0 Å². The van der Waals surface area contributed by atoms with Gasteiger partial charge in [-0.05, 0) is 35.6 Å². The minimum atomic E-state index is -1.62. The maximum absolute atomic E-state index is 13.5. The van der Waals surface area contributed by atoms with Crippen LogP contribution in [0.25, 0.3) is 0 Å². The smallest absolute Gasteiger partial charge is 0.206 e. The third-order valence-corrected chi connectivity index (χ3v) is 3.57. The fourth-order valence-electron chi connectivity index (χ4n) is 1.64. The second kappa shape index (κ2) is 4.94. The van der Waals surface area contributed by atoms with E-state index in [9.17, 15) is 18.0 Å². The summed E-state index contributed by atoms with van der Waals surface area (Å²) in [4.78, 5) is 12.4. The summed E-state index contributed by atoms with van der Waals surface area (Å²) in [6.45, 7) is 1.86. The Hall–Kier alpha value is -1.62. The van der Waals surface area contributed by atoms with Crippen molar-refractivity contribution in [3.8, 4) is 0 Å². The van der Waals surface area contributed by atoms with E-state index in [2.05, 4.69) is 0 Å². The normalized spacial score (nSPS) is 10.7. The first kappa shape index (κ1) is 12.8. The Morgan fingerprint density at radius 3 is 2.56 bits per heavy atom. The summed E-state index contributed by atoms with van der Waals surface area (Å²) in [5.74, 6) is -4.96. The van der Waals surface area contributed by atoms with Gasteiger partial charge in [0.1, 0.15) is 0 Å². The highest BCUT2D eigenvalue weighted by Gasteiger charge is 2.22. The molecule has 1 nitrogen and oxygen atoms in total. The largest absolute Gasteiger partial charge is 0.288 e. The molecule has 0 bridgehead atoms. The Labute approximate surface area is 106 Å². The molecule has 0 aliphatic carbocycles. The SMILES string of the molecule is CCc1ccsc1C(=O)c1ccc(F)c(F)c1F. The number of ketones is 1. The van der Waals surface area contributed by atoms with E-state index in [-0.39, 0.29) is 0 Å². The molecule has 0 atom stereocenters. The molecule has 0 saturated carbocycles. The van der Waals surface area contributed by atoms with Crippen LogP contribution in [0, 0.1) is 17.5 Å². The van der Waals surface area contributed by atoms with Crippen LogP contribution in [0.5, 0.6) is 0 Å². The minimum absolute atomic E-state index is 0.363. The summed E-state index contributed by atoms with van der Waals surface area (Å²) >= 11 is 1.16. The highest BCUT2D eigenvalue weighted by atomic mass is 32.1. The number of halogens is 3. The summed E-state index contributed by atoms with van der Waals surface area (Å²) in [5, 5.41) is 1.71.